The predicted molar refractivity (Wildman–Crippen MR) is 129 cm³/mol. The Labute approximate surface area is 201 Å². The van der Waals surface area contributed by atoms with Gasteiger partial charge in [-0.15, -0.1) is 0 Å². The zero-order valence-electron chi connectivity index (χ0n) is 18.9. The second-order valence-corrected chi connectivity index (χ2v) is 8.05. The van der Waals surface area contributed by atoms with E-state index in [0.29, 0.717) is 0 Å². The van der Waals surface area contributed by atoms with Crippen LogP contribution in [0.5, 0.6) is 0 Å². The molecule has 1 aliphatic carbocycles. The number of carbonyl (C=O) groups excluding carboxylic acids is 2. The number of ether oxygens (including phenoxy) is 1. The van der Waals surface area contributed by atoms with Crippen molar-refractivity contribution in [2.24, 2.45) is 0 Å². The normalized spacial score (nSPS) is 12.5. The summed E-state index contributed by atoms with van der Waals surface area (Å²) in [7, 11) is 0. The van der Waals surface area contributed by atoms with Gasteiger partial charge in [0.25, 0.3) is 5.91 Å². The Bertz CT molecular complexity index is 1290. The fraction of sp³-hybridized carbons (Fsp3) is 0.148. The average Bonchev–Trinajstić information content (AvgIpc) is 3.16. The van der Waals surface area contributed by atoms with E-state index in [0.717, 1.165) is 28.3 Å². The third kappa shape index (κ3) is 5.22. The van der Waals surface area contributed by atoms with E-state index in [1.807, 2.05) is 48.5 Å². The molecule has 0 radical (unpaired) electrons. The molecule has 0 heterocycles. The van der Waals surface area contributed by atoms with Crippen LogP contribution in [0.15, 0.2) is 78.4 Å². The van der Waals surface area contributed by atoms with Crippen LogP contribution in [0, 0.1) is 5.82 Å². The monoisotopic (exact) mass is 474 g/mol. The summed E-state index contributed by atoms with van der Waals surface area (Å²) in [4.78, 5) is 35.3. The largest absolute Gasteiger partial charge is 0.478 e. The number of carboxylic acids is 1. The lowest BCUT2D eigenvalue weighted by atomic mass is 9.98. The Morgan fingerprint density at radius 3 is 2.23 bits per heavy atom. The summed E-state index contributed by atoms with van der Waals surface area (Å²) in [6, 6.07) is 19.6. The summed E-state index contributed by atoms with van der Waals surface area (Å²) in [6.07, 6.45) is 0.573. The fourth-order valence-corrected chi connectivity index (χ4v) is 4.01. The lowest BCUT2D eigenvalue weighted by Crippen LogP contribution is -2.25. The standard InChI is InChI=1S/C27H23FN2O5/c1-16(26(32)33)12-13-29-25(31)22-11-10-17(14-24(22)28)30-27(34)35-15-23-20-8-4-2-6-18(20)19-7-3-5-9-21(19)23/h2-12,14,23H,13,15H2,1H3,(H,29,31)(H,30,34)(H,32,33)/b16-12+. The van der Waals surface area contributed by atoms with Gasteiger partial charge in [-0.2, -0.15) is 0 Å². The summed E-state index contributed by atoms with van der Waals surface area (Å²) in [5.74, 6) is -2.74. The number of benzene rings is 3. The molecule has 0 unspecified atom stereocenters. The number of anilines is 1. The second kappa shape index (κ2) is 10.2. The molecule has 3 aromatic carbocycles. The quantitative estimate of drug-likeness (QED) is 0.421. The Morgan fingerprint density at radius 2 is 1.63 bits per heavy atom. The highest BCUT2D eigenvalue weighted by Gasteiger charge is 2.29. The van der Waals surface area contributed by atoms with Crippen LogP contribution in [0.4, 0.5) is 14.9 Å². The highest BCUT2D eigenvalue weighted by atomic mass is 19.1. The van der Waals surface area contributed by atoms with Crippen molar-refractivity contribution in [2.75, 3.05) is 18.5 Å². The second-order valence-electron chi connectivity index (χ2n) is 8.05. The van der Waals surface area contributed by atoms with Gasteiger partial charge in [0.05, 0.1) is 5.56 Å². The van der Waals surface area contributed by atoms with Crippen molar-refractivity contribution < 1.29 is 28.6 Å². The molecule has 2 amide bonds. The Morgan fingerprint density at radius 1 is 1.00 bits per heavy atom. The molecular weight excluding hydrogens is 451 g/mol. The summed E-state index contributed by atoms with van der Waals surface area (Å²) in [5, 5.41) is 13.7. The molecule has 4 rings (SSSR count). The van der Waals surface area contributed by atoms with Gasteiger partial charge in [-0.05, 0) is 47.4 Å². The molecular formula is C27H23FN2O5. The van der Waals surface area contributed by atoms with Gasteiger partial charge in [0.2, 0.25) is 0 Å². The van der Waals surface area contributed by atoms with Crippen molar-refractivity contribution in [2.45, 2.75) is 12.8 Å². The van der Waals surface area contributed by atoms with E-state index in [9.17, 15) is 18.8 Å². The number of hydrogen-bond acceptors (Lipinski definition) is 4. The van der Waals surface area contributed by atoms with Crippen LogP contribution in [0.25, 0.3) is 11.1 Å². The molecule has 0 bridgehead atoms. The maximum atomic E-state index is 14.5. The van der Waals surface area contributed by atoms with Gasteiger partial charge in [-0.25, -0.2) is 14.0 Å². The van der Waals surface area contributed by atoms with E-state index in [1.165, 1.54) is 25.1 Å². The minimum atomic E-state index is -1.10. The van der Waals surface area contributed by atoms with Gasteiger partial charge in [0.1, 0.15) is 12.4 Å². The van der Waals surface area contributed by atoms with Crippen molar-refractivity contribution in [1.82, 2.24) is 5.32 Å². The van der Waals surface area contributed by atoms with Gasteiger partial charge >= 0.3 is 12.1 Å². The van der Waals surface area contributed by atoms with Crippen LogP contribution in [-0.4, -0.2) is 36.2 Å². The highest BCUT2D eigenvalue weighted by Crippen LogP contribution is 2.44. The number of carbonyl (C=O) groups is 3. The first-order valence-electron chi connectivity index (χ1n) is 10.9. The van der Waals surface area contributed by atoms with Crippen LogP contribution in [-0.2, 0) is 9.53 Å². The van der Waals surface area contributed by atoms with Crippen molar-refractivity contribution in [3.05, 3.63) is 101 Å². The maximum Gasteiger partial charge on any atom is 0.411 e. The number of fused-ring (bicyclic) bond motifs is 3. The molecule has 0 saturated heterocycles. The lowest BCUT2D eigenvalue weighted by Gasteiger charge is -2.15. The maximum absolute atomic E-state index is 14.5. The van der Waals surface area contributed by atoms with E-state index in [1.54, 1.807) is 0 Å². The van der Waals surface area contributed by atoms with E-state index in [4.69, 9.17) is 9.84 Å². The smallest absolute Gasteiger partial charge is 0.411 e. The highest BCUT2D eigenvalue weighted by molar-refractivity contribution is 5.95. The van der Waals surface area contributed by atoms with Crippen molar-refractivity contribution in [1.29, 1.82) is 0 Å². The van der Waals surface area contributed by atoms with Crippen LogP contribution in [0.2, 0.25) is 0 Å². The van der Waals surface area contributed by atoms with E-state index < -0.39 is 23.8 Å². The Hall–Kier alpha value is -4.46. The number of halogens is 1. The van der Waals surface area contributed by atoms with Crippen LogP contribution in [0.3, 0.4) is 0 Å². The van der Waals surface area contributed by atoms with Gasteiger partial charge < -0.3 is 15.2 Å². The Balaban J connectivity index is 1.36. The molecule has 0 saturated carbocycles. The summed E-state index contributed by atoms with van der Waals surface area (Å²) in [5.41, 5.74) is 4.35. The number of carboxylic acid groups (broad SMARTS) is 1. The van der Waals surface area contributed by atoms with Crippen molar-refractivity contribution in [3.63, 3.8) is 0 Å². The zero-order chi connectivity index (χ0) is 24.9. The van der Waals surface area contributed by atoms with Crippen molar-refractivity contribution >= 4 is 23.7 Å². The first kappa shape index (κ1) is 23.7. The molecule has 7 nitrogen and oxygen atoms in total. The first-order valence-corrected chi connectivity index (χ1v) is 10.9. The molecule has 3 N–H and O–H groups in total. The van der Waals surface area contributed by atoms with Crippen molar-refractivity contribution in [3.8, 4) is 11.1 Å². The molecule has 1 aliphatic rings. The molecule has 0 aromatic heterocycles. The molecule has 3 aromatic rings. The Kier molecular flexibility index (Phi) is 6.91. The van der Waals surface area contributed by atoms with E-state index >= 15 is 0 Å². The minimum Gasteiger partial charge on any atom is -0.478 e. The number of nitrogens with one attached hydrogen (secondary N) is 2. The van der Waals surface area contributed by atoms with Crippen LogP contribution < -0.4 is 10.6 Å². The zero-order valence-corrected chi connectivity index (χ0v) is 18.9. The molecule has 0 fully saturated rings. The molecule has 0 spiro atoms. The average molecular weight is 474 g/mol. The van der Waals surface area contributed by atoms with E-state index in [-0.39, 0.29) is 35.9 Å². The van der Waals surface area contributed by atoms with Gasteiger partial charge in [0, 0.05) is 23.7 Å². The number of hydrogen-bond donors (Lipinski definition) is 3. The third-order valence-electron chi connectivity index (χ3n) is 5.81. The van der Waals surface area contributed by atoms with Crippen LogP contribution >= 0.6 is 0 Å². The van der Waals surface area contributed by atoms with Gasteiger partial charge in [-0.1, -0.05) is 54.6 Å². The summed E-state index contributed by atoms with van der Waals surface area (Å²) < 4.78 is 19.9. The summed E-state index contributed by atoms with van der Waals surface area (Å²) in [6.45, 7) is 1.45. The molecule has 0 aliphatic heterocycles. The fourth-order valence-electron chi connectivity index (χ4n) is 4.01. The molecule has 8 heteroatoms. The minimum absolute atomic E-state index is 0.0594. The van der Waals surface area contributed by atoms with Crippen LogP contribution in [0.1, 0.15) is 34.3 Å². The molecule has 35 heavy (non-hydrogen) atoms. The molecule has 178 valence electrons. The predicted octanol–water partition coefficient (Wildman–Crippen LogP) is 4.95. The van der Waals surface area contributed by atoms with Gasteiger partial charge in [-0.3, -0.25) is 10.1 Å². The topological polar surface area (TPSA) is 105 Å². The number of rotatable bonds is 7. The summed E-state index contributed by atoms with van der Waals surface area (Å²) >= 11 is 0. The molecule has 0 atom stereocenters. The van der Waals surface area contributed by atoms with Gasteiger partial charge in [0.15, 0.2) is 0 Å². The number of amides is 2. The SMILES string of the molecule is C/C(=C\CNC(=O)c1ccc(NC(=O)OCC2c3ccccc3-c3ccccc32)cc1F)C(=O)O. The third-order valence-corrected chi connectivity index (χ3v) is 5.81. The lowest BCUT2D eigenvalue weighted by molar-refractivity contribution is -0.132. The first-order chi connectivity index (χ1) is 16.8. The number of aliphatic carboxylic acids is 1. The van der Waals surface area contributed by atoms with E-state index in [2.05, 4.69) is 10.6 Å².